The molecule has 0 amide bonds. The molecule has 1 aliphatic heterocycles. The van der Waals surface area contributed by atoms with Crippen molar-refractivity contribution in [3.05, 3.63) is 209 Å². The third-order valence-corrected chi connectivity index (χ3v) is 15.3. The van der Waals surface area contributed by atoms with Crippen LogP contribution in [0.1, 0.15) is 84.9 Å². The number of para-hydroxylation sites is 1. The molecular weight excluding hydrogens is 771 g/mol. The van der Waals surface area contributed by atoms with Crippen LogP contribution in [0, 0.1) is 5.92 Å². The van der Waals surface area contributed by atoms with E-state index in [1.54, 1.807) is 0 Å². The average molecular weight is 818 g/mol. The van der Waals surface area contributed by atoms with E-state index in [-0.39, 0.29) is 12.0 Å². The lowest BCUT2D eigenvalue weighted by atomic mass is 9.78. The molecule has 8 aromatic carbocycles. The summed E-state index contributed by atoms with van der Waals surface area (Å²) in [5.74, 6) is 0.511. The van der Waals surface area contributed by atoms with Gasteiger partial charge in [0.2, 0.25) is 0 Å². The number of thiophene rings is 1. The van der Waals surface area contributed by atoms with E-state index >= 15 is 0 Å². The first-order valence-electron chi connectivity index (χ1n) is 22.4. The van der Waals surface area contributed by atoms with Gasteiger partial charge >= 0.3 is 0 Å². The first-order valence-corrected chi connectivity index (χ1v) is 23.2. The van der Waals surface area contributed by atoms with E-state index in [4.69, 9.17) is 9.41 Å². The largest absolute Gasteiger partial charge is 0.456 e. The fourth-order valence-corrected chi connectivity index (χ4v) is 12.4. The Balaban J connectivity index is 1.01. The van der Waals surface area contributed by atoms with E-state index < -0.39 is 0 Å². The number of fused-ring (bicyclic) bond motifs is 10. The summed E-state index contributed by atoms with van der Waals surface area (Å²) in [5, 5.41) is 7.69. The summed E-state index contributed by atoms with van der Waals surface area (Å²) in [6, 6.07) is 62.9. The van der Waals surface area contributed by atoms with Crippen molar-refractivity contribution in [1.29, 1.82) is 0 Å². The Hall–Kier alpha value is -6.55. The summed E-state index contributed by atoms with van der Waals surface area (Å²) in [6.07, 6.45) is 4.76. The van der Waals surface area contributed by atoms with Gasteiger partial charge in [-0.3, -0.25) is 4.99 Å². The SMILES string of the molecule is CCC1CC(c2cccc3oc4c(C5CCc6cc7ccccc7cc6-c6ccccc65)cccc4c23)N=C(c2ccccc2)CC(C)=C1c1cccc2c1sc1ccccc12. The van der Waals surface area contributed by atoms with E-state index in [2.05, 4.69) is 184 Å². The molecule has 0 spiro atoms. The van der Waals surface area contributed by atoms with Crippen LogP contribution in [-0.2, 0) is 6.42 Å². The predicted molar refractivity (Wildman–Crippen MR) is 264 cm³/mol. The highest BCUT2D eigenvalue weighted by Gasteiger charge is 2.31. The zero-order valence-corrected chi connectivity index (χ0v) is 36.0. The molecule has 3 atom stereocenters. The number of aliphatic imine (C=N–C) groups is 1. The Bertz CT molecular complexity index is 3440. The van der Waals surface area contributed by atoms with Crippen molar-refractivity contribution >= 4 is 75.5 Å². The number of hydrogen-bond acceptors (Lipinski definition) is 3. The van der Waals surface area contributed by atoms with Crippen LogP contribution in [0.5, 0.6) is 0 Å². The number of rotatable bonds is 5. The first kappa shape index (κ1) is 37.2. The van der Waals surface area contributed by atoms with E-state index in [1.165, 1.54) is 97.4 Å². The Morgan fingerprint density at radius 1 is 0.629 bits per heavy atom. The van der Waals surface area contributed by atoms with Gasteiger partial charge in [-0.2, -0.15) is 0 Å². The Kier molecular flexibility index (Phi) is 9.08. The van der Waals surface area contributed by atoms with Gasteiger partial charge in [0, 0.05) is 54.6 Å². The second kappa shape index (κ2) is 15.1. The molecule has 0 saturated heterocycles. The fraction of sp³-hybridized carbons (Fsp3) is 0.169. The van der Waals surface area contributed by atoms with Crippen molar-refractivity contribution in [2.24, 2.45) is 10.9 Å². The number of aryl methyl sites for hydroxylation is 1. The molecule has 3 heteroatoms. The zero-order chi connectivity index (χ0) is 41.3. The van der Waals surface area contributed by atoms with Gasteiger partial charge in [0.15, 0.2) is 0 Å². The molecule has 300 valence electrons. The lowest BCUT2D eigenvalue weighted by molar-refractivity contribution is 0.514. The Morgan fingerprint density at radius 2 is 1.32 bits per heavy atom. The van der Waals surface area contributed by atoms with Gasteiger partial charge in [-0.15, -0.1) is 11.3 Å². The highest BCUT2D eigenvalue weighted by atomic mass is 32.1. The fourth-order valence-electron chi connectivity index (χ4n) is 11.2. The van der Waals surface area contributed by atoms with Crippen molar-refractivity contribution in [2.75, 3.05) is 0 Å². The molecule has 0 radical (unpaired) electrons. The second-order valence-electron chi connectivity index (χ2n) is 17.5. The Labute approximate surface area is 366 Å². The van der Waals surface area contributed by atoms with Gasteiger partial charge in [-0.25, -0.2) is 0 Å². The van der Waals surface area contributed by atoms with E-state index in [0.717, 1.165) is 49.0 Å². The van der Waals surface area contributed by atoms with E-state index in [9.17, 15) is 0 Å². The standard InChI is InChI=1S/C59H47NOS/c1-3-37-35-53(60-52(38-16-5-4-6-17-38)32-36(2)56(37)50-27-14-24-47-45-22-11-12-29-55(45)62-59(47)50)48-25-15-28-54-57(48)49-26-13-23-46(58(49)61-54)44-31-30-41-33-39-18-7-8-19-40(39)34-51(41)43-21-10-9-20-42(43)44/h4-29,33-34,37,44,53H,3,30-32,35H2,1-2H3. The van der Waals surface area contributed by atoms with Gasteiger partial charge in [0.05, 0.1) is 6.04 Å². The molecule has 12 rings (SSSR count). The topological polar surface area (TPSA) is 25.5 Å². The molecule has 0 N–H and O–H groups in total. The zero-order valence-electron chi connectivity index (χ0n) is 35.2. The van der Waals surface area contributed by atoms with Gasteiger partial charge in [-0.05, 0) is 112 Å². The summed E-state index contributed by atoms with van der Waals surface area (Å²) < 4.78 is 9.85. The van der Waals surface area contributed by atoms with E-state index in [0.29, 0.717) is 5.92 Å². The maximum absolute atomic E-state index is 7.11. The summed E-state index contributed by atoms with van der Waals surface area (Å²) >= 11 is 1.94. The summed E-state index contributed by atoms with van der Waals surface area (Å²) in [7, 11) is 0. The van der Waals surface area contributed by atoms with Crippen LogP contribution in [0.25, 0.3) is 69.6 Å². The molecule has 1 aliphatic carbocycles. The first-order chi connectivity index (χ1) is 30.6. The number of furan rings is 1. The van der Waals surface area contributed by atoms with Crippen molar-refractivity contribution in [3.8, 4) is 11.1 Å². The van der Waals surface area contributed by atoms with Crippen molar-refractivity contribution in [3.63, 3.8) is 0 Å². The maximum atomic E-state index is 7.11. The van der Waals surface area contributed by atoms with Gasteiger partial charge in [-0.1, -0.05) is 164 Å². The Morgan fingerprint density at radius 3 is 2.21 bits per heavy atom. The maximum Gasteiger partial charge on any atom is 0.139 e. The molecule has 2 nitrogen and oxygen atoms in total. The predicted octanol–water partition coefficient (Wildman–Crippen LogP) is 16.7. The summed E-state index contributed by atoms with van der Waals surface area (Å²) in [4.78, 5) is 5.83. The average Bonchev–Trinajstić information content (AvgIpc) is 3.85. The minimum atomic E-state index is -0.0599. The molecule has 62 heavy (non-hydrogen) atoms. The summed E-state index contributed by atoms with van der Waals surface area (Å²) in [5.41, 5.74) is 16.6. The van der Waals surface area contributed by atoms with Gasteiger partial charge < -0.3 is 4.42 Å². The van der Waals surface area contributed by atoms with Crippen LogP contribution in [0.15, 0.2) is 185 Å². The quantitative estimate of drug-likeness (QED) is 0.170. The van der Waals surface area contributed by atoms with Gasteiger partial charge in [0.25, 0.3) is 0 Å². The van der Waals surface area contributed by atoms with Crippen LogP contribution in [0.2, 0.25) is 0 Å². The minimum absolute atomic E-state index is 0.0599. The number of allylic oxidation sites excluding steroid dienone is 2. The molecule has 0 fully saturated rings. The third kappa shape index (κ3) is 6.08. The second-order valence-corrected chi connectivity index (χ2v) is 18.6. The molecule has 10 aromatic rings. The number of nitrogens with zero attached hydrogens (tertiary/aromatic N) is 1. The van der Waals surface area contributed by atoms with Crippen molar-refractivity contribution < 1.29 is 4.42 Å². The van der Waals surface area contributed by atoms with Crippen LogP contribution in [0.3, 0.4) is 0 Å². The van der Waals surface area contributed by atoms with E-state index in [1.807, 2.05) is 11.3 Å². The van der Waals surface area contributed by atoms with Crippen molar-refractivity contribution in [1.82, 2.24) is 0 Å². The highest BCUT2D eigenvalue weighted by Crippen LogP contribution is 2.49. The van der Waals surface area contributed by atoms with Crippen molar-refractivity contribution in [2.45, 2.75) is 57.9 Å². The molecular formula is C59H47NOS. The monoisotopic (exact) mass is 817 g/mol. The van der Waals surface area contributed by atoms with Crippen LogP contribution in [0.4, 0.5) is 0 Å². The third-order valence-electron chi connectivity index (χ3n) is 14.0. The highest BCUT2D eigenvalue weighted by molar-refractivity contribution is 7.26. The minimum Gasteiger partial charge on any atom is -0.456 e. The molecule has 3 unspecified atom stereocenters. The molecule has 2 aliphatic rings. The van der Waals surface area contributed by atoms with Gasteiger partial charge in [0.1, 0.15) is 11.2 Å². The van der Waals surface area contributed by atoms with Crippen LogP contribution < -0.4 is 0 Å². The number of benzene rings is 8. The molecule has 0 saturated carbocycles. The molecule has 3 heterocycles. The molecule has 2 aromatic heterocycles. The lowest BCUT2D eigenvalue weighted by Crippen LogP contribution is -2.16. The normalized spacial score (nSPS) is 18.2. The number of hydrogen-bond donors (Lipinski definition) is 0. The van der Waals surface area contributed by atoms with Crippen LogP contribution >= 0.6 is 11.3 Å². The van der Waals surface area contributed by atoms with Crippen LogP contribution in [-0.4, -0.2) is 5.71 Å². The smallest absolute Gasteiger partial charge is 0.139 e. The lowest BCUT2D eigenvalue weighted by Gasteiger charge is -2.30. The molecule has 0 bridgehead atoms. The summed E-state index contributed by atoms with van der Waals surface area (Å²) in [6.45, 7) is 4.73.